The lowest BCUT2D eigenvalue weighted by Gasteiger charge is -2.04. The van der Waals surface area contributed by atoms with E-state index in [4.69, 9.17) is 0 Å². The summed E-state index contributed by atoms with van der Waals surface area (Å²) in [4.78, 5) is 10.4. The average molecular weight is 220 g/mol. The molecule has 86 valence electrons. The van der Waals surface area contributed by atoms with Gasteiger partial charge in [-0.05, 0) is 37.8 Å². The molecule has 1 aliphatic rings. The summed E-state index contributed by atoms with van der Waals surface area (Å²) < 4.78 is 0. The van der Waals surface area contributed by atoms with Gasteiger partial charge in [0.2, 0.25) is 0 Å². The summed E-state index contributed by atoms with van der Waals surface area (Å²) in [5, 5.41) is 14.1. The van der Waals surface area contributed by atoms with Crippen molar-refractivity contribution in [3.8, 4) is 0 Å². The van der Waals surface area contributed by atoms with Crippen molar-refractivity contribution < 1.29 is 4.92 Å². The van der Waals surface area contributed by atoms with Crippen molar-refractivity contribution in [2.75, 3.05) is 6.54 Å². The monoisotopic (exact) mass is 220 g/mol. The Bertz CT molecular complexity index is 400. The Hall–Kier alpha value is -1.42. The minimum Gasteiger partial charge on any atom is -0.312 e. The predicted octanol–water partition coefficient (Wildman–Crippen LogP) is 2.40. The summed E-state index contributed by atoms with van der Waals surface area (Å²) >= 11 is 0. The van der Waals surface area contributed by atoms with Crippen LogP contribution < -0.4 is 5.32 Å². The summed E-state index contributed by atoms with van der Waals surface area (Å²) in [6.07, 6.45) is 2.64. The summed E-state index contributed by atoms with van der Waals surface area (Å²) in [5.74, 6) is 0.834. The number of hydrogen-bond donors (Lipinski definition) is 1. The van der Waals surface area contributed by atoms with E-state index in [1.165, 1.54) is 12.8 Å². The van der Waals surface area contributed by atoms with Crippen molar-refractivity contribution in [3.05, 3.63) is 39.4 Å². The first-order valence-electron chi connectivity index (χ1n) is 5.61. The second-order valence-electron chi connectivity index (χ2n) is 4.45. The van der Waals surface area contributed by atoms with Crippen LogP contribution in [0, 0.1) is 23.0 Å². The topological polar surface area (TPSA) is 55.2 Å². The molecule has 0 aliphatic heterocycles. The van der Waals surface area contributed by atoms with E-state index in [-0.39, 0.29) is 10.6 Å². The highest BCUT2D eigenvalue weighted by Crippen LogP contribution is 2.27. The third-order valence-corrected chi connectivity index (χ3v) is 2.93. The van der Waals surface area contributed by atoms with Crippen LogP contribution in [0.1, 0.15) is 24.0 Å². The van der Waals surface area contributed by atoms with Gasteiger partial charge in [0.15, 0.2) is 0 Å². The summed E-state index contributed by atoms with van der Waals surface area (Å²) in [6.45, 7) is 3.51. The molecule has 1 aromatic carbocycles. The van der Waals surface area contributed by atoms with Crippen LogP contribution >= 0.6 is 0 Å². The van der Waals surface area contributed by atoms with E-state index in [1.54, 1.807) is 13.0 Å². The van der Waals surface area contributed by atoms with Gasteiger partial charge in [0.05, 0.1) is 4.92 Å². The van der Waals surface area contributed by atoms with Gasteiger partial charge in [-0.2, -0.15) is 0 Å². The molecule has 1 aromatic rings. The van der Waals surface area contributed by atoms with Gasteiger partial charge < -0.3 is 5.32 Å². The highest BCUT2D eigenvalue weighted by molar-refractivity contribution is 5.42. The molecule has 0 heterocycles. The van der Waals surface area contributed by atoms with Gasteiger partial charge in [-0.3, -0.25) is 10.1 Å². The van der Waals surface area contributed by atoms with Gasteiger partial charge in [0.25, 0.3) is 5.69 Å². The molecule has 1 N–H and O–H groups in total. The lowest BCUT2D eigenvalue weighted by molar-refractivity contribution is -0.385. The van der Waals surface area contributed by atoms with E-state index in [9.17, 15) is 10.1 Å². The zero-order valence-corrected chi connectivity index (χ0v) is 9.40. The zero-order valence-electron chi connectivity index (χ0n) is 9.40. The van der Waals surface area contributed by atoms with Crippen LogP contribution in [0.15, 0.2) is 18.2 Å². The molecule has 1 aliphatic carbocycles. The van der Waals surface area contributed by atoms with Crippen LogP contribution in [0.25, 0.3) is 0 Å². The first-order chi connectivity index (χ1) is 7.66. The zero-order chi connectivity index (χ0) is 11.5. The first-order valence-corrected chi connectivity index (χ1v) is 5.61. The second-order valence-corrected chi connectivity index (χ2v) is 4.45. The Kier molecular flexibility index (Phi) is 3.19. The largest absolute Gasteiger partial charge is 0.312 e. The maximum Gasteiger partial charge on any atom is 0.272 e. The number of benzene rings is 1. The Morgan fingerprint density at radius 2 is 2.25 bits per heavy atom. The van der Waals surface area contributed by atoms with E-state index in [0.717, 1.165) is 30.1 Å². The third-order valence-electron chi connectivity index (χ3n) is 2.93. The quantitative estimate of drug-likeness (QED) is 0.612. The molecule has 2 rings (SSSR count). The lowest BCUT2D eigenvalue weighted by Crippen LogP contribution is -2.16. The average Bonchev–Trinajstić information content (AvgIpc) is 3.04. The SMILES string of the molecule is Cc1ccc(CNCC2CC2)cc1[N+](=O)[O-]. The molecule has 0 aromatic heterocycles. The third kappa shape index (κ3) is 2.79. The Morgan fingerprint density at radius 1 is 1.50 bits per heavy atom. The predicted molar refractivity (Wildman–Crippen MR) is 62.3 cm³/mol. The summed E-state index contributed by atoms with van der Waals surface area (Å²) in [7, 11) is 0. The molecule has 0 bridgehead atoms. The summed E-state index contributed by atoms with van der Waals surface area (Å²) in [5.41, 5.74) is 1.92. The number of rotatable bonds is 5. The lowest BCUT2D eigenvalue weighted by atomic mass is 10.1. The number of hydrogen-bond acceptors (Lipinski definition) is 3. The molecular formula is C12H16N2O2. The van der Waals surface area contributed by atoms with Crippen molar-refractivity contribution in [1.82, 2.24) is 5.32 Å². The van der Waals surface area contributed by atoms with E-state index in [0.29, 0.717) is 0 Å². The molecular weight excluding hydrogens is 204 g/mol. The van der Waals surface area contributed by atoms with Crippen LogP contribution in [0.5, 0.6) is 0 Å². The van der Waals surface area contributed by atoms with Crippen molar-refractivity contribution in [3.63, 3.8) is 0 Å². The molecule has 16 heavy (non-hydrogen) atoms. The maximum absolute atomic E-state index is 10.8. The fraction of sp³-hybridized carbons (Fsp3) is 0.500. The van der Waals surface area contributed by atoms with Crippen molar-refractivity contribution in [2.24, 2.45) is 5.92 Å². The van der Waals surface area contributed by atoms with Gasteiger partial charge in [-0.1, -0.05) is 12.1 Å². The number of nitrogens with one attached hydrogen (secondary N) is 1. The fourth-order valence-electron chi connectivity index (χ4n) is 1.70. The van der Waals surface area contributed by atoms with Crippen LogP contribution in [0.4, 0.5) is 5.69 Å². The molecule has 1 saturated carbocycles. The van der Waals surface area contributed by atoms with Crippen molar-refractivity contribution >= 4 is 5.69 Å². The Labute approximate surface area is 94.8 Å². The molecule has 4 nitrogen and oxygen atoms in total. The minimum absolute atomic E-state index is 0.214. The number of nitro benzene ring substituents is 1. The molecule has 1 fully saturated rings. The maximum atomic E-state index is 10.8. The normalized spacial score (nSPS) is 15.1. The van der Waals surface area contributed by atoms with E-state index < -0.39 is 0 Å². The highest BCUT2D eigenvalue weighted by atomic mass is 16.6. The van der Waals surface area contributed by atoms with E-state index in [1.807, 2.05) is 12.1 Å². The van der Waals surface area contributed by atoms with Crippen LogP contribution in [0.2, 0.25) is 0 Å². The molecule has 0 unspecified atom stereocenters. The smallest absolute Gasteiger partial charge is 0.272 e. The van der Waals surface area contributed by atoms with Gasteiger partial charge in [-0.25, -0.2) is 0 Å². The molecule has 4 heteroatoms. The minimum atomic E-state index is -0.320. The Balaban J connectivity index is 1.97. The van der Waals surface area contributed by atoms with Crippen LogP contribution in [-0.2, 0) is 6.54 Å². The number of nitrogens with zero attached hydrogens (tertiary/aromatic N) is 1. The Morgan fingerprint density at radius 3 is 2.88 bits per heavy atom. The molecule has 0 saturated heterocycles. The highest BCUT2D eigenvalue weighted by Gasteiger charge is 2.20. The fourth-order valence-corrected chi connectivity index (χ4v) is 1.70. The van der Waals surface area contributed by atoms with Gasteiger partial charge in [0.1, 0.15) is 0 Å². The second kappa shape index (κ2) is 4.61. The summed E-state index contributed by atoms with van der Waals surface area (Å²) in [6, 6.07) is 5.42. The van der Waals surface area contributed by atoms with Gasteiger partial charge in [-0.15, -0.1) is 0 Å². The van der Waals surface area contributed by atoms with Crippen LogP contribution in [0.3, 0.4) is 0 Å². The number of nitro groups is 1. The van der Waals surface area contributed by atoms with Crippen molar-refractivity contribution in [1.29, 1.82) is 0 Å². The van der Waals surface area contributed by atoms with Crippen LogP contribution in [-0.4, -0.2) is 11.5 Å². The first kappa shape index (κ1) is 11.1. The molecule has 0 atom stereocenters. The molecule has 0 spiro atoms. The van der Waals surface area contributed by atoms with E-state index in [2.05, 4.69) is 5.32 Å². The van der Waals surface area contributed by atoms with E-state index >= 15 is 0 Å². The molecule has 0 amide bonds. The van der Waals surface area contributed by atoms with Gasteiger partial charge in [0, 0.05) is 18.2 Å². The van der Waals surface area contributed by atoms with Gasteiger partial charge >= 0.3 is 0 Å². The van der Waals surface area contributed by atoms with Crippen molar-refractivity contribution in [2.45, 2.75) is 26.3 Å². The molecule has 0 radical (unpaired) electrons. The number of aryl methyl sites for hydroxylation is 1. The standard InChI is InChI=1S/C12H16N2O2/c1-9-2-3-11(6-12(9)14(15)16)8-13-7-10-4-5-10/h2-3,6,10,13H,4-5,7-8H2,1H3.